The lowest BCUT2D eigenvalue weighted by Crippen LogP contribution is -2.32. The number of benzene rings is 1. The molecule has 0 bridgehead atoms. The molecule has 0 saturated carbocycles. The van der Waals surface area contributed by atoms with Gasteiger partial charge in [0.25, 0.3) is 0 Å². The predicted octanol–water partition coefficient (Wildman–Crippen LogP) is 3.07. The number of hydrogen-bond donors (Lipinski definition) is 0. The number of esters is 1. The summed E-state index contributed by atoms with van der Waals surface area (Å²) in [7, 11) is 0. The minimum Gasteiger partial charge on any atom is -0.466 e. The van der Waals surface area contributed by atoms with Gasteiger partial charge in [-0.25, -0.2) is 0 Å². The predicted molar refractivity (Wildman–Crippen MR) is 85.8 cm³/mol. The molecule has 23 heavy (non-hydrogen) atoms. The van der Waals surface area contributed by atoms with E-state index in [9.17, 15) is 4.79 Å². The molecular formula is C18H26O5. The fourth-order valence-electron chi connectivity index (χ4n) is 2.47. The van der Waals surface area contributed by atoms with Crippen molar-refractivity contribution < 1.29 is 23.7 Å². The molecule has 128 valence electrons. The lowest BCUT2D eigenvalue weighted by molar-refractivity contribution is -0.202. The second-order valence-electron chi connectivity index (χ2n) is 5.56. The number of rotatable bonds is 9. The van der Waals surface area contributed by atoms with E-state index in [2.05, 4.69) is 0 Å². The van der Waals surface area contributed by atoms with E-state index in [0.717, 1.165) is 24.8 Å². The summed E-state index contributed by atoms with van der Waals surface area (Å²) in [6.45, 7) is 3.71. The van der Waals surface area contributed by atoms with Gasteiger partial charge in [-0.2, -0.15) is 0 Å². The number of carbonyl (C=O) groups is 1. The third-order valence-corrected chi connectivity index (χ3v) is 3.60. The molecule has 0 amide bonds. The van der Waals surface area contributed by atoms with Gasteiger partial charge in [-0.05, 0) is 31.7 Å². The highest BCUT2D eigenvalue weighted by molar-refractivity contribution is 5.69. The first kappa shape index (κ1) is 17.9. The summed E-state index contributed by atoms with van der Waals surface area (Å²) in [4.78, 5) is 11.7. The van der Waals surface area contributed by atoms with Gasteiger partial charge in [-0.1, -0.05) is 30.3 Å². The van der Waals surface area contributed by atoms with Crippen LogP contribution in [0.3, 0.4) is 0 Å². The molecule has 0 aromatic heterocycles. The Kier molecular flexibility index (Phi) is 8.07. The van der Waals surface area contributed by atoms with Gasteiger partial charge >= 0.3 is 5.97 Å². The third kappa shape index (κ3) is 7.12. The summed E-state index contributed by atoms with van der Waals surface area (Å²) < 4.78 is 22.2. The third-order valence-electron chi connectivity index (χ3n) is 3.60. The molecule has 0 aliphatic carbocycles. The standard InChI is InChI=1S/C18H26O5/c1-2-21-17(19)12-16(23-18-10-6-7-11-22-18)14-20-13-15-8-4-3-5-9-15/h3-5,8-9,16,18H,2,6-7,10-14H2,1H3/t16-,18?/m0/s1. The molecule has 2 rings (SSSR count). The van der Waals surface area contributed by atoms with Crippen LogP contribution in [-0.2, 0) is 30.3 Å². The van der Waals surface area contributed by atoms with Crippen LogP contribution in [-0.4, -0.2) is 38.2 Å². The Morgan fingerprint density at radius 2 is 2.13 bits per heavy atom. The van der Waals surface area contributed by atoms with Crippen molar-refractivity contribution in [3.8, 4) is 0 Å². The van der Waals surface area contributed by atoms with Crippen LogP contribution < -0.4 is 0 Å². The summed E-state index contributed by atoms with van der Waals surface area (Å²) in [5.74, 6) is -0.267. The molecule has 1 aliphatic rings. The average molecular weight is 322 g/mol. The topological polar surface area (TPSA) is 54.0 Å². The molecule has 5 heteroatoms. The zero-order valence-electron chi connectivity index (χ0n) is 13.7. The van der Waals surface area contributed by atoms with Crippen molar-refractivity contribution >= 4 is 5.97 Å². The number of hydrogen-bond acceptors (Lipinski definition) is 5. The summed E-state index contributed by atoms with van der Waals surface area (Å²) in [6.07, 6.45) is 2.60. The van der Waals surface area contributed by atoms with E-state index in [4.69, 9.17) is 18.9 Å². The maximum Gasteiger partial charge on any atom is 0.308 e. The highest BCUT2D eigenvalue weighted by Crippen LogP contribution is 2.17. The van der Waals surface area contributed by atoms with Crippen LogP contribution in [0.1, 0.15) is 38.2 Å². The first-order valence-electron chi connectivity index (χ1n) is 8.32. The van der Waals surface area contributed by atoms with Gasteiger partial charge in [0.2, 0.25) is 0 Å². The Bertz CT molecular complexity index is 442. The average Bonchev–Trinajstić information content (AvgIpc) is 2.57. The van der Waals surface area contributed by atoms with Crippen LogP contribution in [0.15, 0.2) is 30.3 Å². The molecule has 1 aromatic carbocycles. The highest BCUT2D eigenvalue weighted by atomic mass is 16.7. The normalized spacial score (nSPS) is 19.3. The van der Waals surface area contributed by atoms with Crippen molar-refractivity contribution in [3.63, 3.8) is 0 Å². The molecule has 1 heterocycles. The Morgan fingerprint density at radius 3 is 2.83 bits per heavy atom. The van der Waals surface area contributed by atoms with Gasteiger partial charge < -0.3 is 18.9 Å². The lowest BCUT2D eigenvalue weighted by Gasteiger charge is -2.27. The van der Waals surface area contributed by atoms with Gasteiger partial charge in [0, 0.05) is 6.61 Å². The van der Waals surface area contributed by atoms with E-state index >= 15 is 0 Å². The summed E-state index contributed by atoms with van der Waals surface area (Å²) >= 11 is 0. The summed E-state index contributed by atoms with van der Waals surface area (Å²) in [5, 5.41) is 0. The summed E-state index contributed by atoms with van der Waals surface area (Å²) in [6, 6.07) is 9.93. The maximum absolute atomic E-state index is 11.7. The van der Waals surface area contributed by atoms with Gasteiger partial charge in [-0.15, -0.1) is 0 Å². The van der Waals surface area contributed by atoms with Crippen LogP contribution in [0.4, 0.5) is 0 Å². The molecule has 0 spiro atoms. The van der Waals surface area contributed by atoms with Gasteiger partial charge in [0.05, 0.1) is 32.3 Å². The largest absolute Gasteiger partial charge is 0.466 e. The van der Waals surface area contributed by atoms with Crippen LogP contribution in [0.25, 0.3) is 0 Å². The molecule has 1 fully saturated rings. The van der Waals surface area contributed by atoms with Crippen molar-refractivity contribution in [1.29, 1.82) is 0 Å². The first-order valence-corrected chi connectivity index (χ1v) is 8.32. The molecule has 2 atom stereocenters. The Hall–Kier alpha value is -1.43. The molecule has 1 aromatic rings. The summed E-state index contributed by atoms with van der Waals surface area (Å²) in [5.41, 5.74) is 1.09. The van der Waals surface area contributed by atoms with Crippen molar-refractivity contribution in [1.82, 2.24) is 0 Å². The van der Waals surface area contributed by atoms with E-state index in [0.29, 0.717) is 26.4 Å². The fourth-order valence-corrected chi connectivity index (χ4v) is 2.47. The van der Waals surface area contributed by atoms with Crippen LogP contribution in [0, 0.1) is 0 Å². The monoisotopic (exact) mass is 322 g/mol. The van der Waals surface area contributed by atoms with E-state index in [-0.39, 0.29) is 24.8 Å². The van der Waals surface area contributed by atoms with Crippen LogP contribution >= 0.6 is 0 Å². The smallest absolute Gasteiger partial charge is 0.308 e. The molecule has 0 N–H and O–H groups in total. The van der Waals surface area contributed by atoms with E-state index in [1.807, 2.05) is 30.3 Å². The van der Waals surface area contributed by atoms with Gasteiger partial charge in [0.1, 0.15) is 0 Å². The van der Waals surface area contributed by atoms with Crippen molar-refractivity contribution in [2.45, 2.75) is 51.6 Å². The van der Waals surface area contributed by atoms with Crippen molar-refractivity contribution in [2.75, 3.05) is 19.8 Å². The molecule has 1 unspecified atom stereocenters. The maximum atomic E-state index is 11.7. The molecule has 1 aliphatic heterocycles. The number of ether oxygens (including phenoxy) is 4. The molecule has 0 radical (unpaired) electrons. The number of carbonyl (C=O) groups excluding carboxylic acids is 1. The van der Waals surface area contributed by atoms with Gasteiger partial charge in [-0.3, -0.25) is 4.79 Å². The highest BCUT2D eigenvalue weighted by Gasteiger charge is 2.23. The van der Waals surface area contributed by atoms with E-state index in [1.165, 1.54) is 0 Å². The quantitative estimate of drug-likeness (QED) is 0.654. The van der Waals surface area contributed by atoms with Crippen molar-refractivity contribution in [2.24, 2.45) is 0 Å². The molecular weight excluding hydrogens is 296 g/mol. The lowest BCUT2D eigenvalue weighted by atomic mass is 10.2. The second kappa shape index (κ2) is 10.4. The Balaban J connectivity index is 1.80. The van der Waals surface area contributed by atoms with Gasteiger partial charge in [0.15, 0.2) is 6.29 Å². The molecule has 1 saturated heterocycles. The van der Waals surface area contributed by atoms with Crippen LogP contribution in [0.2, 0.25) is 0 Å². The Labute approximate surface area is 137 Å². The van der Waals surface area contributed by atoms with Crippen LogP contribution in [0.5, 0.6) is 0 Å². The fraction of sp³-hybridized carbons (Fsp3) is 0.611. The first-order chi connectivity index (χ1) is 11.3. The zero-order chi connectivity index (χ0) is 16.3. The second-order valence-corrected chi connectivity index (χ2v) is 5.56. The Morgan fingerprint density at radius 1 is 1.30 bits per heavy atom. The minimum atomic E-state index is -0.346. The molecule has 5 nitrogen and oxygen atoms in total. The van der Waals surface area contributed by atoms with E-state index < -0.39 is 0 Å². The zero-order valence-corrected chi connectivity index (χ0v) is 13.7. The minimum absolute atomic E-state index is 0.183. The van der Waals surface area contributed by atoms with Crippen molar-refractivity contribution in [3.05, 3.63) is 35.9 Å². The SMILES string of the molecule is CCOC(=O)C[C@@H](COCc1ccccc1)OC1CCCCO1. The van der Waals surface area contributed by atoms with E-state index in [1.54, 1.807) is 6.92 Å².